The summed E-state index contributed by atoms with van der Waals surface area (Å²) in [4.78, 5) is 11.2. The maximum Gasteiger partial charge on any atom is 0.218 e. The largest absolute Gasteiger partial charge is 0.486 e. The molecule has 9 heteroatoms. The molecule has 0 aliphatic carbocycles. The molecule has 5 rings (SSSR count). The van der Waals surface area contributed by atoms with Crippen LogP contribution in [0.15, 0.2) is 31.2 Å². The fourth-order valence-corrected chi connectivity index (χ4v) is 3.75. The number of nitrogens with one attached hydrogen (secondary N) is 1. The van der Waals surface area contributed by atoms with Gasteiger partial charge in [0.25, 0.3) is 0 Å². The standard InChI is InChI=1S/C21H23FN6O2/c1-12-6-23-13(2)16-8-25-28-10-17-19(26-18(16)28)27(21(3,4)11-29-17)9-14-5-15(22)7-24-20(14)30-12/h5,7-8,10,12,23H,2,6,9,11H2,1,3-4H3/t12-/m0/s1. The number of ether oxygens (including phenoxy) is 2. The summed E-state index contributed by atoms with van der Waals surface area (Å²) >= 11 is 0. The number of aromatic nitrogens is 4. The van der Waals surface area contributed by atoms with Crippen molar-refractivity contribution >= 4 is 17.2 Å². The van der Waals surface area contributed by atoms with Crippen LogP contribution in [0.4, 0.5) is 10.2 Å². The molecular weight excluding hydrogens is 387 g/mol. The summed E-state index contributed by atoms with van der Waals surface area (Å²) in [5.41, 5.74) is 2.43. The normalized spacial score (nSPS) is 20.3. The van der Waals surface area contributed by atoms with Crippen LogP contribution in [0.2, 0.25) is 0 Å². The number of fused-ring (bicyclic) bond motifs is 1. The Kier molecular flexibility index (Phi) is 4.09. The number of halogens is 1. The van der Waals surface area contributed by atoms with Crippen molar-refractivity contribution in [1.82, 2.24) is 24.9 Å². The van der Waals surface area contributed by atoms with E-state index in [0.29, 0.717) is 54.1 Å². The molecule has 2 aliphatic heterocycles. The van der Waals surface area contributed by atoms with Gasteiger partial charge in [0.2, 0.25) is 5.88 Å². The lowest BCUT2D eigenvalue weighted by molar-refractivity contribution is 0.200. The first-order valence-corrected chi connectivity index (χ1v) is 9.85. The molecule has 0 aromatic carbocycles. The van der Waals surface area contributed by atoms with Crippen molar-refractivity contribution in [3.05, 3.63) is 48.2 Å². The second-order valence-corrected chi connectivity index (χ2v) is 8.35. The van der Waals surface area contributed by atoms with Gasteiger partial charge in [0.15, 0.2) is 17.2 Å². The molecular formula is C21H23FN6O2. The Morgan fingerprint density at radius 3 is 3.00 bits per heavy atom. The number of rotatable bonds is 0. The molecule has 0 unspecified atom stereocenters. The van der Waals surface area contributed by atoms with Gasteiger partial charge in [-0.05, 0) is 26.8 Å². The van der Waals surface area contributed by atoms with Gasteiger partial charge >= 0.3 is 0 Å². The second-order valence-electron chi connectivity index (χ2n) is 8.35. The smallest absolute Gasteiger partial charge is 0.218 e. The number of nitrogens with zero attached hydrogens (tertiary/aromatic N) is 5. The lowest BCUT2D eigenvalue weighted by Gasteiger charge is -2.43. The quantitative estimate of drug-likeness (QED) is 0.611. The van der Waals surface area contributed by atoms with Crippen molar-refractivity contribution in [3.8, 4) is 11.6 Å². The maximum atomic E-state index is 14.1. The van der Waals surface area contributed by atoms with Gasteiger partial charge in [0, 0.05) is 11.3 Å². The SMILES string of the molecule is C=C1NC[C@H](C)Oc2ncc(F)cc2CN2c3nc4c1cnn4cc3OCC2(C)C. The lowest BCUT2D eigenvalue weighted by atomic mass is 10.0. The molecule has 8 nitrogen and oxygen atoms in total. The minimum atomic E-state index is -0.409. The molecule has 3 aromatic heterocycles. The van der Waals surface area contributed by atoms with Crippen molar-refractivity contribution in [1.29, 1.82) is 0 Å². The molecule has 3 aromatic rings. The Morgan fingerprint density at radius 1 is 1.33 bits per heavy atom. The Morgan fingerprint density at radius 2 is 2.17 bits per heavy atom. The Balaban J connectivity index is 1.73. The average Bonchev–Trinajstić information content (AvgIpc) is 3.11. The van der Waals surface area contributed by atoms with E-state index in [4.69, 9.17) is 14.5 Å². The molecule has 30 heavy (non-hydrogen) atoms. The molecule has 5 heterocycles. The van der Waals surface area contributed by atoms with E-state index in [1.807, 2.05) is 13.1 Å². The van der Waals surface area contributed by atoms with E-state index in [0.717, 1.165) is 5.56 Å². The summed E-state index contributed by atoms with van der Waals surface area (Å²) in [6, 6.07) is 1.47. The van der Waals surface area contributed by atoms with Gasteiger partial charge in [-0.25, -0.2) is 18.9 Å². The summed E-state index contributed by atoms with van der Waals surface area (Å²) in [7, 11) is 0. The van der Waals surface area contributed by atoms with Crippen LogP contribution in [0.5, 0.6) is 11.6 Å². The highest BCUT2D eigenvalue weighted by molar-refractivity contribution is 5.75. The van der Waals surface area contributed by atoms with Gasteiger partial charge in [-0.2, -0.15) is 5.10 Å². The zero-order valence-corrected chi connectivity index (χ0v) is 17.1. The number of hydrogen-bond donors (Lipinski definition) is 1. The molecule has 0 fully saturated rings. The topological polar surface area (TPSA) is 76.8 Å². The summed E-state index contributed by atoms with van der Waals surface area (Å²) in [5, 5.41) is 7.69. The molecule has 0 spiro atoms. The monoisotopic (exact) mass is 410 g/mol. The van der Waals surface area contributed by atoms with Gasteiger partial charge < -0.3 is 19.7 Å². The molecule has 156 valence electrons. The van der Waals surface area contributed by atoms with Gasteiger partial charge in [0.1, 0.15) is 18.5 Å². The van der Waals surface area contributed by atoms with Crippen LogP contribution in [0, 0.1) is 5.82 Å². The van der Waals surface area contributed by atoms with E-state index in [2.05, 4.69) is 40.7 Å². The van der Waals surface area contributed by atoms with Crippen LogP contribution in [-0.2, 0) is 6.54 Å². The van der Waals surface area contributed by atoms with Crippen LogP contribution in [0.3, 0.4) is 0 Å². The van der Waals surface area contributed by atoms with E-state index >= 15 is 0 Å². The number of pyridine rings is 1. The Labute approximate surface area is 173 Å². The molecule has 2 bridgehead atoms. The third-order valence-corrected chi connectivity index (χ3v) is 5.47. The van der Waals surface area contributed by atoms with Crippen molar-refractivity contribution in [2.45, 2.75) is 39.0 Å². The highest BCUT2D eigenvalue weighted by atomic mass is 19.1. The lowest BCUT2D eigenvalue weighted by Crippen LogP contribution is -2.51. The first kappa shape index (κ1) is 18.7. The van der Waals surface area contributed by atoms with Crippen LogP contribution >= 0.6 is 0 Å². The van der Waals surface area contributed by atoms with E-state index in [-0.39, 0.29) is 11.6 Å². The van der Waals surface area contributed by atoms with Crippen molar-refractivity contribution in [2.24, 2.45) is 0 Å². The zero-order chi connectivity index (χ0) is 21.0. The predicted octanol–water partition coefficient (Wildman–Crippen LogP) is 2.78. The van der Waals surface area contributed by atoms with E-state index in [1.54, 1.807) is 10.7 Å². The first-order valence-electron chi connectivity index (χ1n) is 9.85. The average molecular weight is 410 g/mol. The molecule has 1 N–H and O–H groups in total. The van der Waals surface area contributed by atoms with Crippen LogP contribution in [0.1, 0.15) is 31.9 Å². The molecule has 0 amide bonds. The summed E-state index contributed by atoms with van der Waals surface area (Å²) in [5.74, 6) is 1.28. The summed E-state index contributed by atoms with van der Waals surface area (Å²) in [6.07, 6.45) is 4.51. The zero-order valence-electron chi connectivity index (χ0n) is 17.1. The Bertz CT molecular complexity index is 1160. The van der Waals surface area contributed by atoms with E-state index < -0.39 is 5.82 Å². The fourth-order valence-electron chi connectivity index (χ4n) is 3.75. The molecule has 0 saturated heterocycles. The highest BCUT2D eigenvalue weighted by Crippen LogP contribution is 2.39. The molecule has 0 saturated carbocycles. The van der Waals surface area contributed by atoms with Crippen molar-refractivity contribution in [2.75, 3.05) is 18.1 Å². The fraction of sp³-hybridized carbons (Fsp3) is 0.381. The van der Waals surface area contributed by atoms with Gasteiger partial charge in [-0.1, -0.05) is 6.58 Å². The molecule has 1 atom stereocenters. The van der Waals surface area contributed by atoms with Crippen LogP contribution in [0.25, 0.3) is 11.3 Å². The molecule has 2 aliphatic rings. The van der Waals surface area contributed by atoms with Crippen LogP contribution in [-0.4, -0.2) is 44.4 Å². The van der Waals surface area contributed by atoms with Crippen LogP contribution < -0.4 is 19.7 Å². The van der Waals surface area contributed by atoms with Gasteiger partial charge in [-0.3, -0.25) is 0 Å². The Hall–Kier alpha value is -3.36. The predicted molar refractivity (Wildman–Crippen MR) is 110 cm³/mol. The maximum absolute atomic E-state index is 14.1. The first-order chi connectivity index (χ1) is 14.3. The number of hydrogen-bond acceptors (Lipinski definition) is 7. The number of anilines is 1. The van der Waals surface area contributed by atoms with Crippen molar-refractivity contribution < 1.29 is 13.9 Å². The van der Waals surface area contributed by atoms with Gasteiger partial charge in [-0.15, -0.1) is 0 Å². The third-order valence-electron chi connectivity index (χ3n) is 5.47. The molecule has 0 radical (unpaired) electrons. The van der Waals surface area contributed by atoms with E-state index in [9.17, 15) is 4.39 Å². The van der Waals surface area contributed by atoms with E-state index in [1.165, 1.54) is 12.3 Å². The summed E-state index contributed by atoms with van der Waals surface area (Å²) in [6.45, 7) is 11.5. The van der Waals surface area contributed by atoms with Gasteiger partial charge in [0.05, 0.1) is 42.8 Å². The summed E-state index contributed by atoms with van der Waals surface area (Å²) < 4.78 is 27.8. The minimum Gasteiger partial charge on any atom is -0.486 e. The highest BCUT2D eigenvalue weighted by Gasteiger charge is 2.37. The van der Waals surface area contributed by atoms with Crippen molar-refractivity contribution in [3.63, 3.8) is 0 Å². The minimum absolute atomic E-state index is 0.213. The third kappa shape index (κ3) is 3.01. The second kappa shape index (κ2) is 6.58.